The lowest BCUT2D eigenvalue weighted by Crippen LogP contribution is -2.06. The minimum Gasteiger partial charge on any atom is -0.496 e. The first kappa shape index (κ1) is 14.5. The number of ether oxygens (including phenoxy) is 3. The second-order valence-corrected chi connectivity index (χ2v) is 4.46. The molecule has 0 fully saturated rings. The summed E-state index contributed by atoms with van der Waals surface area (Å²) < 4.78 is 16.7. The van der Waals surface area contributed by atoms with Crippen LogP contribution in [0, 0.1) is 0 Å². The van der Waals surface area contributed by atoms with E-state index in [0.29, 0.717) is 29.4 Å². The van der Waals surface area contributed by atoms with Crippen LogP contribution in [0.2, 0.25) is 0 Å². The Balaban J connectivity index is 2.93. The smallest absolute Gasteiger partial charge is 0.171 e. The molecular weight excluding hydrogens is 256 g/mol. The van der Waals surface area contributed by atoms with E-state index in [4.69, 9.17) is 14.2 Å². The van der Waals surface area contributed by atoms with Crippen LogP contribution >= 0.6 is 0 Å². The van der Waals surface area contributed by atoms with E-state index in [2.05, 4.69) is 0 Å². The lowest BCUT2D eigenvalue weighted by Gasteiger charge is -2.21. The predicted molar refractivity (Wildman–Crippen MR) is 78.9 cm³/mol. The Morgan fingerprint density at radius 1 is 1.00 bits per heavy atom. The number of hydrogen-bond acceptors (Lipinski definition) is 4. The van der Waals surface area contributed by atoms with Gasteiger partial charge in [-0.15, -0.1) is 0 Å². The fourth-order valence-electron chi connectivity index (χ4n) is 2.46. The lowest BCUT2D eigenvalue weighted by molar-refractivity contribution is 0.185. The molecule has 108 valence electrons. The summed E-state index contributed by atoms with van der Waals surface area (Å²) in [7, 11) is 3.19. The minimum atomic E-state index is -0.718. The fourth-order valence-corrected chi connectivity index (χ4v) is 2.46. The first-order chi connectivity index (χ1) is 9.65. The Morgan fingerprint density at radius 2 is 1.55 bits per heavy atom. The van der Waals surface area contributed by atoms with Crippen LogP contribution < -0.4 is 14.2 Å². The molecule has 0 bridgehead atoms. The van der Waals surface area contributed by atoms with Crippen molar-refractivity contribution in [3.05, 3.63) is 29.8 Å². The summed E-state index contributed by atoms with van der Waals surface area (Å²) in [5, 5.41) is 11.9. The Kier molecular flexibility index (Phi) is 4.35. The molecule has 1 atom stereocenters. The summed E-state index contributed by atoms with van der Waals surface area (Å²) in [6.45, 7) is 4.07. The van der Waals surface area contributed by atoms with Gasteiger partial charge in [0.2, 0.25) is 0 Å². The van der Waals surface area contributed by atoms with Crippen molar-refractivity contribution in [2.75, 3.05) is 20.8 Å². The number of hydrogen-bond donors (Lipinski definition) is 1. The van der Waals surface area contributed by atoms with Crippen molar-refractivity contribution in [2.24, 2.45) is 0 Å². The van der Waals surface area contributed by atoms with Gasteiger partial charge in [0.15, 0.2) is 11.5 Å². The van der Waals surface area contributed by atoms with Gasteiger partial charge in [0, 0.05) is 10.8 Å². The van der Waals surface area contributed by atoms with Crippen molar-refractivity contribution < 1.29 is 19.3 Å². The zero-order chi connectivity index (χ0) is 14.7. The van der Waals surface area contributed by atoms with E-state index >= 15 is 0 Å². The fraction of sp³-hybridized carbons (Fsp3) is 0.375. The van der Waals surface area contributed by atoms with Crippen LogP contribution in [-0.2, 0) is 0 Å². The normalized spacial score (nSPS) is 12.2. The van der Waals surface area contributed by atoms with Gasteiger partial charge < -0.3 is 19.3 Å². The van der Waals surface area contributed by atoms with Crippen LogP contribution in [0.25, 0.3) is 10.8 Å². The zero-order valence-electron chi connectivity index (χ0n) is 12.3. The summed E-state index contributed by atoms with van der Waals surface area (Å²) >= 11 is 0. The average molecular weight is 276 g/mol. The number of aliphatic hydroxyl groups is 1. The SMILES string of the molecule is CCOc1c(C(C)O)c(OC)c2ccccc2c1OC. The van der Waals surface area contributed by atoms with Gasteiger partial charge in [0.05, 0.1) is 32.5 Å². The molecular formula is C16H20O4. The Hall–Kier alpha value is -1.94. The number of methoxy groups -OCH3 is 2. The van der Waals surface area contributed by atoms with Gasteiger partial charge in [0.25, 0.3) is 0 Å². The molecule has 0 aliphatic heterocycles. The van der Waals surface area contributed by atoms with Crippen LogP contribution in [0.4, 0.5) is 0 Å². The van der Waals surface area contributed by atoms with Gasteiger partial charge in [-0.2, -0.15) is 0 Å². The van der Waals surface area contributed by atoms with E-state index in [-0.39, 0.29) is 0 Å². The molecule has 0 spiro atoms. The van der Waals surface area contributed by atoms with E-state index < -0.39 is 6.10 Å². The van der Waals surface area contributed by atoms with E-state index in [1.165, 1.54) is 0 Å². The molecule has 0 radical (unpaired) electrons. The maximum Gasteiger partial charge on any atom is 0.171 e. The van der Waals surface area contributed by atoms with E-state index in [1.807, 2.05) is 31.2 Å². The van der Waals surface area contributed by atoms with Crippen LogP contribution in [0.5, 0.6) is 17.2 Å². The molecule has 4 nitrogen and oxygen atoms in total. The maximum absolute atomic E-state index is 10.1. The predicted octanol–water partition coefficient (Wildman–Crippen LogP) is 3.31. The van der Waals surface area contributed by atoms with Gasteiger partial charge in [0.1, 0.15) is 5.75 Å². The highest BCUT2D eigenvalue weighted by atomic mass is 16.5. The molecule has 0 saturated carbocycles. The number of benzene rings is 2. The quantitative estimate of drug-likeness (QED) is 0.910. The van der Waals surface area contributed by atoms with Crippen molar-refractivity contribution in [3.8, 4) is 17.2 Å². The molecule has 0 saturated heterocycles. The minimum absolute atomic E-state index is 0.484. The molecule has 1 unspecified atom stereocenters. The Labute approximate surface area is 118 Å². The number of rotatable bonds is 5. The second-order valence-electron chi connectivity index (χ2n) is 4.46. The molecule has 0 aromatic heterocycles. The third kappa shape index (κ3) is 2.27. The second kappa shape index (κ2) is 6.01. The zero-order valence-corrected chi connectivity index (χ0v) is 12.3. The van der Waals surface area contributed by atoms with Gasteiger partial charge in [-0.3, -0.25) is 0 Å². The molecule has 0 heterocycles. The van der Waals surface area contributed by atoms with E-state index in [9.17, 15) is 5.11 Å². The van der Waals surface area contributed by atoms with Crippen LogP contribution in [0.15, 0.2) is 24.3 Å². The molecule has 20 heavy (non-hydrogen) atoms. The topological polar surface area (TPSA) is 47.9 Å². The average Bonchev–Trinajstić information content (AvgIpc) is 2.45. The standard InChI is InChI=1S/C16H20O4/c1-5-20-16-13(10(2)17)14(18-3)11-8-6-7-9-12(11)15(16)19-4/h6-10,17H,5H2,1-4H3. The molecule has 2 aromatic rings. The van der Waals surface area contributed by atoms with Crippen LogP contribution in [-0.4, -0.2) is 25.9 Å². The Bertz CT molecular complexity index is 605. The van der Waals surface area contributed by atoms with Crippen molar-refractivity contribution >= 4 is 10.8 Å². The van der Waals surface area contributed by atoms with Crippen molar-refractivity contribution in [1.29, 1.82) is 0 Å². The van der Waals surface area contributed by atoms with Crippen molar-refractivity contribution in [2.45, 2.75) is 20.0 Å². The highest BCUT2D eigenvalue weighted by Crippen LogP contribution is 2.48. The van der Waals surface area contributed by atoms with Crippen LogP contribution in [0.1, 0.15) is 25.5 Å². The van der Waals surface area contributed by atoms with Gasteiger partial charge in [-0.05, 0) is 13.8 Å². The molecule has 0 aliphatic carbocycles. The maximum atomic E-state index is 10.1. The monoisotopic (exact) mass is 276 g/mol. The first-order valence-corrected chi connectivity index (χ1v) is 6.63. The van der Waals surface area contributed by atoms with Crippen molar-refractivity contribution in [3.63, 3.8) is 0 Å². The first-order valence-electron chi connectivity index (χ1n) is 6.63. The summed E-state index contributed by atoms with van der Waals surface area (Å²) in [5.41, 5.74) is 0.616. The summed E-state index contributed by atoms with van der Waals surface area (Å²) in [6.07, 6.45) is -0.718. The molecule has 0 amide bonds. The lowest BCUT2D eigenvalue weighted by atomic mass is 9.99. The van der Waals surface area contributed by atoms with E-state index in [0.717, 1.165) is 10.8 Å². The molecule has 4 heteroatoms. The number of aliphatic hydroxyl groups excluding tert-OH is 1. The van der Waals surface area contributed by atoms with Crippen LogP contribution in [0.3, 0.4) is 0 Å². The Morgan fingerprint density at radius 3 is 2.00 bits per heavy atom. The highest BCUT2D eigenvalue weighted by Gasteiger charge is 2.24. The summed E-state index contributed by atoms with van der Waals surface area (Å²) in [4.78, 5) is 0. The highest BCUT2D eigenvalue weighted by molar-refractivity contribution is 5.97. The van der Waals surface area contributed by atoms with Crippen molar-refractivity contribution in [1.82, 2.24) is 0 Å². The summed E-state index contributed by atoms with van der Waals surface area (Å²) in [6, 6.07) is 7.75. The molecule has 2 rings (SSSR count). The third-order valence-electron chi connectivity index (χ3n) is 3.23. The van der Waals surface area contributed by atoms with Gasteiger partial charge in [-0.1, -0.05) is 24.3 Å². The third-order valence-corrected chi connectivity index (χ3v) is 3.23. The van der Waals surface area contributed by atoms with Gasteiger partial charge >= 0.3 is 0 Å². The number of fused-ring (bicyclic) bond motifs is 1. The molecule has 0 aliphatic rings. The van der Waals surface area contributed by atoms with Gasteiger partial charge in [-0.25, -0.2) is 0 Å². The molecule has 1 N–H and O–H groups in total. The van der Waals surface area contributed by atoms with E-state index in [1.54, 1.807) is 21.1 Å². The summed E-state index contributed by atoms with van der Waals surface area (Å²) in [5.74, 6) is 1.79. The largest absolute Gasteiger partial charge is 0.496 e. The molecule has 2 aromatic carbocycles.